The summed E-state index contributed by atoms with van der Waals surface area (Å²) in [6.07, 6.45) is 2.75. The average Bonchev–Trinajstić information content (AvgIpc) is 2.69. The molecule has 0 spiro atoms. The third-order valence-electron chi connectivity index (χ3n) is 3.82. The number of hydrogen-bond acceptors (Lipinski definition) is 4. The minimum absolute atomic E-state index is 0.0385. The van der Waals surface area contributed by atoms with Gasteiger partial charge < -0.3 is 10.6 Å². The second kappa shape index (κ2) is 8.45. The van der Waals surface area contributed by atoms with Gasteiger partial charge in [-0.1, -0.05) is 30.3 Å². The highest BCUT2D eigenvalue weighted by Crippen LogP contribution is 2.17. The molecule has 3 rings (SSSR count). The van der Waals surface area contributed by atoms with Crippen molar-refractivity contribution < 1.29 is 4.79 Å². The van der Waals surface area contributed by atoms with Crippen LogP contribution in [-0.4, -0.2) is 10.9 Å². The van der Waals surface area contributed by atoms with E-state index >= 15 is 0 Å². The lowest BCUT2D eigenvalue weighted by atomic mass is 10.1. The van der Waals surface area contributed by atoms with E-state index in [1.165, 1.54) is 0 Å². The van der Waals surface area contributed by atoms with Gasteiger partial charge in [0.2, 0.25) is 5.91 Å². The predicted molar refractivity (Wildman–Crippen MR) is 102 cm³/mol. The van der Waals surface area contributed by atoms with Gasteiger partial charge >= 0.3 is 0 Å². The molecule has 1 heterocycles. The molecule has 5 heteroatoms. The van der Waals surface area contributed by atoms with Crippen LogP contribution in [0.2, 0.25) is 0 Å². The zero-order valence-corrected chi connectivity index (χ0v) is 14.1. The molecule has 0 saturated heterocycles. The van der Waals surface area contributed by atoms with E-state index in [0.29, 0.717) is 29.9 Å². The van der Waals surface area contributed by atoms with Crippen LogP contribution in [0.4, 0.5) is 17.2 Å². The van der Waals surface area contributed by atoms with Crippen molar-refractivity contribution in [1.29, 1.82) is 5.26 Å². The van der Waals surface area contributed by atoms with Gasteiger partial charge in [-0.25, -0.2) is 4.98 Å². The molecular formula is C21H18N4O. The summed E-state index contributed by atoms with van der Waals surface area (Å²) in [6, 6.07) is 22.7. The molecule has 0 aliphatic heterocycles. The van der Waals surface area contributed by atoms with E-state index in [4.69, 9.17) is 5.26 Å². The summed E-state index contributed by atoms with van der Waals surface area (Å²) in [5.41, 5.74) is 3.25. The van der Waals surface area contributed by atoms with E-state index in [2.05, 4.69) is 21.7 Å². The fourth-order valence-electron chi connectivity index (χ4n) is 2.44. The fraction of sp³-hybridized carbons (Fsp3) is 0.0952. The molecule has 26 heavy (non-hydrogen) atoms. The van der Waals surface area contributed by atoms with Crippen LogP contribution in [-0.2, 0) is 11.2 Å². The van der Waals surface area contributed by atoms with E-state index < -0.39 is 0 Å². The van der Waals surface area contributed by atoms with Crippen LogP contribution in [0.3, 0.4) is 0 Å². The quantitative estimate of drug-likeness (QED) is 0.701. The summed E-state index contributed by atoms with van der Waals surface area (Å²) < 4.78 is 0. The molecule has 0 fully saturated rings. The SMILES string of the molecule is N#Cc1ccc(Nc2ccc(NC(=O)CCc3ccccc3)cn2)cc1. The number of nitrogens with one attached hydrogen (secondary N) is 2. The first-order valence-corrected chi connectivity index (χ1v) is 8.30. The summed E-state index contributed by atoms with van der Waals surface area (Å²) in [7, 11) is 0. The molecule has 0 atom stereocenters. The number of carbonyl (C=O) groups is 1. The van der Waals surface area contributed by atoms with Gasteiger partial charge in [0.25, 0.3) is 0 Å². The van der Waals surface area contributed by atoms with Crippen LogP contribution in [0, 0.1) is 11.3 Å². The molecule has 3 aromatic rings. The highest BCUT2D eigenvalue weighted by molar-refractivity contribution is 5.90. The van der Waals surface area contributed by atoms with Gasteiger partial charge in [0, 0.05) is 12.1 Å². The van der Waals surface area contributed by atoms with E-state index in [1.54, 1.807) is 30.5 Å². The molecule has 5 nitrogen and oxygen atoms in total. The van der Waals surface area contributed by atoms with Crippen LogP contribution in [0.15, 0.2) is 72.9 Å². The average molecular weight is 342 g/mol. The van der Waals surface area contributed by atoms with Crippen molar-refractivity contribution in [3.05, 3.63) is 84.1 Å². The summed E-state index contributed by atoms with van der Waals surface area (Å²) in [4.78, 5) is 16.3. The number of pyridine rings is 1. The maximum Gasteiger partial charge on any atom is 0.224 e. The maximum atomic E-state index is 12.0. The van der Waals surface area contributed by atoms with Crippen molar-refractivity contribution >= 4 is 23.1 Å². The number of aryl methyl sites for hydroxylation is 1. The predicted octanol–water partition coefficient (Wildman–Crippen LogP) is 4.27. The third kappa shape index (κ3) is 4.92. The van der Waals surface area contributed by atoms with Crippen molar-refractivity contribution in [2.75, 3.05) is 10.6 Å². The van der Waals surface area contributed by atoms with Gasteiger partial charge in [0.15, 0.2) is 0 Å². The highest BCUT2D eigenvalue weighted by Gasteiger charge is 2.04. The molecule has 2 N–H and O–H groups in total. The minimum atomic E-state index is -0.0385. The highest BCUT2D eigenvalue weighted by atomic mass is 16.1. The Bertz CT molecular complexity index is 897. The summed E-state index contributed by atoms with van der Waals surface area (Å²) in [5.74, 6) is 0.625. The largest absolute Gasteiger partial charge is 0.340 e. The van der Waals surface area contributed by atoms with Crippen molar-refractivity contribution in [3.63, 3.8) is 0 Å². The smallest absolute Gasteiger partial charge is 0.224 e. The van der Waals surface area contributed by atoms with Crippen molar-refractivity contribution in [1.82, 2.24) is 4.98 Å². The Morgan fingerprint density at radius 1 is 0.962 bits per heavy atom. The summed E-state index contributed by atoms with van der Waals surface area (Å²) in [6.45, 7) is 0. The lowest BCUT2D eigenvalue weighted by molar-refractivity contribution is -0.116. The van der Waals surface area contributed by atoms with Gasteiger partial charge in [-0.05, 0) is 48.4 Å². The Kier molecular flexibility index (Phi) is 5.58. The van der Waals surface area contributed by atoms with Gasteiger partial charge in [-0.3, -0.25) is 4.79 Å². The number of amides is 1. The van der Waals surface area contributed by atoms with Gasteiger partial charge in [0.1, 0.15) is 5.82 Å². The maximum absolute atomic E-state index is 12.0. The van der Waals surface area contributed by atoms with Gasteiger partial charge in [0.05, 0.1) is 23.5 Å². The van der Waals surface area contributed by atoms with E-state index in [0.717, 1.165) is 11.3 Å². The van der Waals surface area contributed by atoms with Crippen LogP contribution in [0.5, 0.6) is 0 Å². The normalized spacial score (nSPS) is 9.96. The summed E-state index contributed by atoms with van der Waals surface area (Å²) in [5, 5.41) is 14.8. The molecule has 0 radical (unpaired) electrons. The van der Waals surface area contributed by atoms with Crippen LogP contribution >= 0.6 is 0 Å². The number of nitrogens with zero attached hydrogens (tertiary/aromatic N) is 2. The molecule has 0 aliphatic rings. The van der Waals surface area contributed by atoms with Gasteiger partial charge in [-0.15, -0.1) is 0 Å². The Balaban J connectivity index is 1.52. The molecular weight excluding hydrogens is 324 g/mol. The second-order valence-electron chi connectivity index (χ2n) is 5.78. The first kappa shape index (κ1) is 17.2. The van der Waals surface area contributed by atoms with Crippen LogP contribution in [0.1, 0.15) is 17.5 Å². The molecule has 2 aromatic carbocycles. The molecule has 0 unspecified atom stereocenters. The number of hydrogen-bond donors (Lipinski definition) is 2. The number of anilines is 3. The number of carbonyl (C=O) groups excluding carboxylic acids is 1. The van der Waals surface area contributed by atoms with Crippen molar-refractivity contribution in [2.45, 2.75) is 12.8 Å². The molecule has 0 bridgehead atoms. The van der Waals surface area contributed by atoms with E-state index in [-0.39, 0.29) is 5.91 Å². The second-order valence-corrected chi connectivity index (χ2v) is 5.78. The zero-order valence-electron chi connectivity index (χ0n) is 14.1. The van der Waals surface area contributed by atoms with Gasteiger partial charge in [-0.2, -0.15) is 5.26 Å². The van der Waals surface area contributed by atoms with E-state index in [9.17, 15) is 4.79 Å². The molecule has 128 valence electrons. The topological polar surface area (TPSA) is 77.8 Å². The standard InChI is InChI=1S/C21H18N4O/c22-14-17-6-9-18(10-7-17)24-20-12-11-19(15-23-20)25-21(26)13-8-16-4-2-1-3-5-16/h1-7,9-12,15H,8,13H2,(H,23,24)(H,25,26). The lowest BCUT2D eigenvalue weighted by Gasteiger charge is -2.08. The van der Waals surface area contributed by atoms with Crippen molar-refractivity contribution in [3.8, 4) is 6.07 Å². The minimum Gasteiger partial charge on any atom is -0.340 e. The van der Waals surface area contributed by atoms with E-state index in [1.807, 2.05) is 42.5 Å². The molecule has 1 aromatic heterocycles. The number of benzene rings is 2. The number of aromatic nitrogens is 1. The molecule has 1 amide bonds. The Labute approximate surface area is 152 Å². The Morgan fingerprint density at radius 3 is 2.35 bits per heavy atom. The fourth-order valence-corrected chi connectivity index (χ4v) is 2.44. The third-order valence-corrected chi connectivity index (χ3v) is 3.82. The number of nitriles is 1. The zero-order chi connectivity index (χ0) is 18.2. The molecule has 0 aliphatic carbocycles. The lowest BCUT2D eigenvalue weighted by Crippen LogP contribution is -2.12. The Hall–Kier alpha value is -3.65. The van der Waals surface area contributed by atoms with Crippen LogP contribution < -0.4 is 10.6 Å². The monoisotopic (exact) mass is 342 g/mol. The molecule has 0 saturated carbocycles. The first-order chi connectivity index (χ1) is 12.7. The summed E-state index contributed by atoms with van der Waals surface area (Å²) >= 11 is 0. The van der Waals surface area contributed by atoms with Crippen LogP contribution in [0.25, 0.3) is 0 Å². The first-order valence-electron chi connectivity index (χ1n) is 8.30. The number of rotatable bonds is 6. The van der Waals surface area contributed by atoms with Crippen molar-refractivity contribution in [2.24, 2.45) is 0 Å². The Morgan fingerprint density at radius 2 is 1.69 bits per heavy atom.